The standard InChI is InChI=1S/C22H28F3N3O/c1-14(15-8-10-28(11-9-15)13-22(23,24)25)26-21(29)16-6-7-20-18(12-16)17-4-2-3-5-19(17)27-20/h6-7,12,14-15,27H,2-5,8-11,13H2,1H3,(H,26,29)/t14-/m1/s1. The van der Waals surface area contributed by atoms with Crippen molar-refractivity contribution in [1.29, 1.82) is 0 Å². The molecule has 0 bridgehead atoms. The van der Waals surface area contributed by atoms with Gasteiger partial charge >= 0.3 is 6.18 Å². The maximum Gasteiger partial charge on any atom is 0.401 e. The highest BCUT2D eigenvalue weighted by atomic mass is 19.4. The number of aromatic nitrogens is 1. The highest BCUT2D eigenvalue weighted by molar-refractivity contribution is 5.99. The zero-order valence-electron chi connectivity index (χ0n) is 16.7. The van der Waals surface area contributed by atoms with Gasteiger partial charge in [0.1, 0.15) is 0 Å². The number of rotatable bonds is 4. The van der Waals surface area contributed by atoms with Crippen LogP contribution in [0.5, 0.6) is 0 Å². The summed E-state index contributed by atoms with van der Waals surface area (Å²) < 4.78 is 37.6. The van der Waals surface area contributed by atoms with Gasteiger partial charge in [0, 0.05) is 28.2 Å². The summed E-state index contributed by atoms with van der Waals surface area (Å²) in [6, 6.07) is 5.73. The van der Waals surface area contributed by atoms with Gasteiger partial charge in [-0.3, -0.25) is 9.69 Å². The molecule has 1 saturated heterocycles. The second-order valence-corrected chi connectivity index (χ2v) is 8.54. The molecule has 0 spiro atoms. The van der Waals surface area contributed by atoms with Crippen molar-refractivity contribution in [2.75, 3.05) is 19.6 Å². The lowest BCUT2D eigenvalue weighted by Gasteiger charge is -2.35. The molecule has 2 aromatic rings. The summed E-state index contributed by atoms with van der Waals surface area (Å²) in [5.74, 6) is 0.0927. The summed E-state index contributed by atoms with van der Waals surface area (Å²) in [6.07, 6.45) is 1.68. The number of hydrogen-bond donors (Lipinski definition) is 2. The van der Waals surface area contributed by atoms with Crippen molar-refractivity contribution in [3.8, 4) is 0 Å². The van der Waals surface area contributed by atoms with Crippen LogP contribution in [0.2, 0.25) is 0 Å². The Labute approximate surface area is 168 Å². The first kappa shape index (κ1) is 20.3. The number of piperidine rings is 1. The van der Waals surface area contributed by atoms with Crippen molar-refractivity contribution in [1.82, 2.24) is 15.2 Å². The smallest absolute Gasteiger partial charge is 0.358 e. The van der Waals surface area contributed by atoms with E-state index in [2.05, 4.69) is 10.3 Å². The molecule has 2 heterocycles. The first-order chi connectivity index (χ1) is 13.8. The molecule has 4 rings (SSSR count). The Morgan fingerprint density at radius 1 is 1.24 bits per heavy atom. The number of likely N-dealkylation sites (tertiary alicyclic amines) is 1. The van der Waals surface area contributed by atoms with Gasteiger partial charge in [0.05, 0.1) is 6.54 Å². The SMILES string of the molecule is C[C@@H](NC(=O)c1ccc2[nH]c3c(c2c1)CCCC3)C1CCN(CC(F)(F)F)CC1. The number of H-pyrrole nitrogens is 1. The predicted molar refractivity (Wildman–Crippen MR) is 107 cm³/mol. The number of halogens is 3. The zero-order chi connectivity index (χ0) is 20.6. The summed E-state index contributed by atoms with van der Waals surface area (Å²) in [7, 11) is 0. The van der Waals surface area contributed by atoms with Crippen molar-refractivity contribution in [2.24, 2.45) is 5.92 Å². The van der Waals surface area contributed by atoms with Gasteiger partial charge in [-0.2, -0.15) is 13.2 Å². The molecule has 29 heavy (non-hydrogen) atoms. The van der Waals surface area contributed by atoms with Gasteiger partial charge in [-0.05, 0) is 88.2 Å². The molecule has 1 aromatic carbocycles. The molecule has 1 amide bonds. The van der Waals surface area contributed by atoms with Crippen LogP contribution in [0.3, 0.4) is 0 Å². The van der Waals surface area contributed by atoms with Crippen LogP contribution < -0.4 is 5.32 Å². The number of aromatic amines is 1. The molecule has 2 aliphatic rings. The molecular weight excluding hydrogens is 379 g/mol. The molecule has 158 valence electrons. The van der Waals surface area contributed by atoms with Crippen LogP contribution in [0.4, 0.5) is 13.2 Å². The maximum absolute atomic E-state index is 12.8. The van der Waals surface area contributed by atoms with Crippen LogP contribution in [0, 0.1) is 5.92 Å². The topological polar surface area (TPSA) is 48.1 Å². The largest absolute Gasteiger partial charge is 0.401 e. The third kappa shape index (κ3) is 4.60. The molecule has 1 aliphatic carbocycles. The van der Waals surface area contributed by atoms with Crippen LogP contribution in [-0.4, -0.2) is 47.6 Å². The van der Waals surface area contributed by atoms with E-state index in [1.807, 2.05) is 25.1 Å². The molecule has 1 aliphatic heterocycles. The van der Waals surface area contributed by atoms with E-state index in [0.29, 0.717) is 31.5 Å². The van der Waals surface area contributed by atoms with Gasteiger partial charge in [-0.25, -0.2) is 0 Å². The average molecular weight is 407 g/mol. The summed E-state index contributed by atoms with van der Waals surface area (Å²) in [6.45, 7) is 1.96. The number of nitrogens with zero attached hydrogens (tertiary/aromatic N) is 1. The highest BCUT2D eigenvalue weighted by Crippen LogP contribution is 2.30. The monoisotopic (exact) mass is 407 g/mol. The number of nitrogens with one attached hydrogen (secondary N) is 2. The van der Waals surface area contributed by atoms with Crippen LogP contribution in [-0.2, 0) is 12.8 Å². The molecule has 1 aromatic heterocycles. The molecule has 1 atom stereocenters. The van der Waals surface area contributed by atoms with E-state index in [4.69, 9.17) is 0 Å². The number of fused-ring (bicyclic) bond motifs is 3. The number of amides is 1. The van der Waals surface area contributed by atoms with Crippen molar-refractivity contribution in [2.45, 2.75) is 57.7 Å². The number of alkyl halides is 3. The Kier molecular flexibility index (Phi) is 5.60. The Balaban J connectivity index is 1.38. The highest BCUT2D eigenvalue weighted by Gasteiger charge is 2.33. The normalized spacial score (nSPS) is 19.9. The summed E-state index contributed by atoms with van der Waals surface area (Å²) >= 11 is 0. The number of aryl methyl sites for hydroxylation is 2. The third-order valence-electron chi connectivity index (χ3n) is 6.46. The van der Waals surface area contributed by atoms with E-state index >= 15 is 0 Å². The van der Waals surface area contributed by atoms with Gasteiger partial charge in [0.25, 0.3) is 5.91 Å². The minimum atomic E-state index is -4.15. The Bertz CT molecular complexity index is 881. The summed E-state index contributed by atoms with van der Waals surface area (Å²) in [4.78, 5) is 17.7. The lowest BCUT2D eigenvalue weighted by Crippen LogP contribution is -2.46. The molecule has 0 unspecified atom stereocenters. The van der Waals surface area contributed by atoms with Crippen LogP contribution in [0.15, 0.2) is 18.2 Å². The van der Waals surface area contributed by atoms with Gasteiger partial charge in [0.2, 0.25) is 0 Å². The summed E-state index contributed by atoms with van der Waals surface area (Å²) in [5, 5.41) is 4.22. The van der Waals surface area contributed by atoms with Gasteiger partial charge in [-0.1, -0.05) is 0 Å². The van der Waals surface area contributed by atoms with E-state index in [-0.39, 0.29) is 17.9 Å². The fourth-order valence-electron chi connectivity index (χ4n) is 4.82. The fraction of sp³-hybridized carbons (Fsp3) is 0.591. The second-order valence-electron chi connectivity index (χ2n) is 8.54. The Morgan fingerprint density at radius 3 is 2.69 bits per heavy atom. The minimum Gasteiger partial charge on any atom is -0.358 e. The molecule has 1 fully saturated rings. The first-order valence-corrected chi connectivity index (χ1v) is 10.5. The van der Waals surface area contributed by atoms with Gasteiger partial charge in [-0.15, -0.1) is 0 Å². The molecule has 0 saturated carbocycles. The van der Waals surface area contributed by atoms with Crippen molar-refractivity contribution in [3.05, 3.63) is 35.0 Å². The fourth-order valence-corrected chi connectivity index (χ4v) is 4.82. The number of benzene rings is 1. The zero-order valence-corrected chi connectivity index (χ0v) is 16.7. The number of hydrogen-bond acceptors (Lipinski definition) is 2. The van der Waals surface area contributed by atoms with Crippen LogP contribution >= 0.6 is 0 Å². The Morgan fingerprint density at radius 2 is 1.97 bits per heavy atom. The second kappa shape index (κ2) is 8.01. The molecule has 2 N–H and O–H groups in total. The Hall–Kier alpha value is -2.02. The molecular formula is C22H28F3N3O. The van der Waals surface area contributed by atoms with Crippen molar-refractivity contribution < 1.29 is 18.0 Å². The van der Waals surface area contributed by atoms with E-state index in [1.165, 1.54) is 29.0 Å². The number of carbonyl (C=O) groups is 1. The van der Waals surface area contributed by atoms with Crippen molar-refractivity contribution >= 4 is 16.8 Å². The molecule has 4 nitrogen and oxygen atoms in total. The van der Waals surface area contributed by atoms with E-state index in [1.54, 1.807) is 0 Å². The molecule has 0 radical (unpaired) electrons. The van der Waals surface area contributed by atoms with E-state index < -0.39 is 12.7 Å². The number of carbonyl (C=O) groups excluding carboxylic acids is 1. The lowest BCUT2D eigenvalue weighted by atomic mass is 9.90. The minimum absolute atomic E-state index is 0.0635. The van der Waals surface area contributed by atoms with E-state index in [0.717, 1.165) is 23.7 Å². The molecule has 7 heteroatoms. The van der Waals surface area contributed by atoms with Gasteiger partial charge < -0.3 is 10.3 Å². The third-order valence-corrected chi connectivity index (χ3v) is 6.46. The predicted octanol–water partition coefficient (Wildman–Crippen LogP) is 4.44. The maximum atomic E-state index is 12.8. The quantitative estimate of drug-likeness (QED) is 0.787. The van der Waals surface area contributed by atoms with Gasteiger partial charge in [0.15, 0.2) is 0 Å². The van der Waals surface area contributed by atoms with Crippen molar-refractivity contribution in [3.63, 3.8) is 0 Å². The van der Waals surface area contributed by atoms with Crippen LogP contribution in [0.25, 0.3) is 10.9 Å². The first-order valence-electron chi connectivity index (χ1n) is 10.5. The van der Waals surface area contributed by atoms with E-state index in [9.17, 15) is 18.0 Å². The average Bonchev–Trinajstić information content (AvgIpc) is 3.05. The van der Waals surface area contributed by atoms with Crippen LogP contribution in [0.1, 0.15) is 54.2 Å². The lowest BCUT2D eigenvalue weighted by molar-refractivity contribution is -0.148. The summed E-state index contributed by atoms with van der Waals surface area (Å²) in [5.41, 5.74) is 4.36.